The summed E-state index contributed by atoms with van der Waals surface area (Å²) in [6, 6.07) is 4.50. The maximum absolute atomic E-state index is 13.6. The minimum atomic E-state index is -0.682. The van der Waals surface area contributed by atoms with Gasteiger partial charge in [0.25, 0.3) is 5.56 Å². The van der Waals surface area contributed by atoms with Gasteiger partial charge in [-0.1, -0.05) is 5.16 Å². The topological polar surface area (TPSA) is 96.5 Å². The summed E-state index contributed by atoms with van der Waals surface area (Å²) in [6.07, 6.45) is 4.37. The van der Waals surface area contributed by atoms with Crippen LogP contribution in [0.2, 0.25) is 0 Å². The second-order valence-electron chi connectivity index (χ2n) is 10.2. The Morgan fingerprint density at radius 2 is 2.05 bits per heavy atom. The van der Waals surface area contributed by atoms with Crippen molar-refractivity contribution in [2.24, 2.45) is 0 Å². The Kier molecular flexibility index (Phi) is 7.28. The van der Waals surface area contributed by atoms with Gasteiger partial charge >= 0.3 is 6.16 Å². The first-order chi connectivity index (χ1) is 17.9. The van der Waals surface area contributed by atoms with Crippen LogP contribution in [0.3, 0.4) is 0 Å². The van der Waals surface area contributed by atoms with Gasteiger partial charge in [-0.05, 0) is 38.8 Å². The minimum absolute atomic E-state index is 0.0582. The van der Waals surface area contributed by atoms with Crippen LogP contribution in [0.1, 0.15) is 61.3 Å². The zero-order valence-electron chi connectivity index (χ0n) is 21.5. The van der Waals surface area contributed by atoms with Crippen molar-refractivity contribution in [3.8, 4) is 0 Å². The third kappa shape index (κ3) is 5.25. The van der Waals surface area contributed by atoms with E-state index in [1.165, 1.54) is 12.1 Å². The highest BCUT2D eigenvalue weighted by Gasteiger charge is 2.37. The van der Waals surface area contributed by atoms with E-state index in [4.69, 9.17) is 19.0 Å². The largest absolute Gasteiger partial charge is 0.512 e. The van der Waals surface area contributed by atoms with E-state index >= 15 is 0 Å². The molecule has 9 nitrogen and oxygen atoms in total. The van der Waals surface area contributed by atoms with Crippen LogP contribution >= 0.6 is 0 Å². The van der Waals surface area contributed by atoms with E-state index in [1.54, 1.807) is 13.0 Å². The molecule has 2 aromatic heterocycles. The highest BCUT2D eigenvalue weighted by Crippen LogP contribution is 2.35. The maximum atomic E-state index is 13.6. The van der Waals surface area contributed by atoms with Crippen LogP contribution in [-0.4, -0.2) is 58.3 Å². The predicted molar refractivity (Wildman–Crippen MR) is 134 cm³/mol. The standard InChI is InChI=1S/C27H34FN4O5/c1-3-35-27(34)36-17-32(15-11-21-18(2)29-24-6-4-5-12-31(24)26(21)33)13-9-19(10-14-32)25-22-8-7-20(28)16-23(22)37-30-25/h7-8,16,19H,3-6,9-15,17H2,1-2H3/q+1. The van der Waals surface area contributed by atoms with Gasteiger partial charge < -0.3 is 14.0 Å². The van der Waals surface area contributed by atoms with Gasteiger partial charge in [0.1, 0.15) is 11.6 Å². The Morgan fingerprint density at radius 3 is 2.84 bits per heavy atom. The molecule has 198 valence electrons. The quantitative estimate of drug-likeness (QED) is 0.344. The van der Waals surface area contributed by atoms with E-state index in [1.807, 2.05) is 11.5 Å². The molecule has 2 aliphatic rings. The number of aromatic nitrogens is 3. The van der Waals surface area contributed by atoms with E-state index in [0.29, 0.717) is 23.0 Å². The van der Waals surface area contributed by atoms with Gasteiger partial charge in [0.05, 0.1) is 31.9 Å². The monoisotopic (exact) mass is 513 g/mol. The lowest BCUT2D eigenvalue weighted by atomic mass is 9.90. The van der Waals surface area contributed by atoms with Gasteiger partial charge in [-0.2, -0.15) is 0 Å². The Balaban J connectivity index is 1.34. The van der Waals surface area contributed by atoms with Crippen LogP contribution < -0.4 is 5.56 Å². The van der Waals surface area contributed by atoms with Crippen molar-refractivity contribution in [1.29, 1.82) is 0 Å². The molecule has 37 heavy (non-hydrogen) atoms. The van der Waals surface area contributed by atoms with Gasteiger partial charge in [0.2, 0.25) is 6.73 Å². The van der Waals surface area contributed by atoms with Crippen molar-refractivity contribution in [3.63, 3.8) is 0 Å². The molecule has 2 aliphatic heterocycles. The number of halogens is 1. The van der Waals surface area contributed by atoms with Crippen LogP contribution in [0, 0.1) is 12.7 Å². The summed E-state index contributed by atoms with van der Waals surface area (Å²) in [6.45, 7) is 6.91. The number of carbonyl (C=O) groups excluding carboxylic acids is 1. The first-order valence-corrected chi connectivity index (χ1v) is 13.2. The van der Waals surface area contributed by atoms with E-state index in [0.717, 1.165) is 79.9 Å². The fourth-order valence-corrected chi connectivity index (χ4v) is 5.75. The Hall–Kier alpha value is -3.27. The minimum Gasteiger partial charge on any atom is -0.434 e. The number of rotatable bonds is 7. The van der Waals surface area contributed by atoms with Crippen LogP contribution in [0.4, 0.5) is 9.18 Å². The third-order valence-electron chi connectivity index (χ3n) is 7.89. The number of carbonyl (C=O) groups is 1. The molecule has 0 atom stereocenters. The molecule has 0 unspecified atom stereocenters. The molecule has 0 aliphatic carbocycles. The molecule has 0 saturated carbocycles. The molecular weight excluding hydrogens is 479 g/mol. The van der Waals surface area contributed by atoms with Crippen LogP contribution in [-0.2, 0) is 28.9 Å². The van der Waals surface area contributed by atoms with E-state index < -0.39 is 6.16 Å². The van der Waals surface area contributed by atoms with Crippen molar-refractivity contribution in [1.82, 2.24) is 14.7 Å². The normalized spacial score (nSPS) is 21.5. The van der Waals surface area contributed by atoms with Crippen LogP contribution in [0.25, 0.3) is 11.0 Å². The van der Waals surface area contributed by atoms with E-state index in [2.05, 4.69) is 5.16 Å². The number of aryl methyl sites for hydroxylation is 2. The number of piperidine rings is 1. The highest BCUT2D eigenvalue weighted by atomic mass is 19.1. The molecule has 5 rings (SSSR count). The Labute approximate surface area is 214 Å². The number of ether oxygens (including phenoxy) is 2. The Morgan fingerprint density at radius 1 is 1.24 bits per heavy atom. The molecule has 1 saturated heterocycles. The first kappa shape index (κ1) is 25.4. The summed E-state index contributed by atoms with van der Waals surface area (Å²) in [7, 11) is 0. The van der Waals surface area contributed by atoms with E-state index in [-0.39, 0.29) is 30.6 Å². The highest BCUT2D eigenvalue weighted by molar-refractivity contribution is 5.79. The number of likely N-dealkylation sites (tertiary alicyclic amines) is 1. The van der Waals surface area contributed by atoms with Crippen LogP contribution in [0.15, 0.2) is 27.5 Å². The number of fused-ring (bicyclic) bond motifs is 2. The van der Waals surface area contributed by atoms with Gasteiger partial charge in [-0.25, -0.2) is 14.2 Å². The lowest BCUT2D eigenvalue weighted by Gasteiger charge is -2.42. The zero-order chi connectivity index (χ0) is 26.0. The number of nitrogens with zero attached hydrogens (tertiary/aromatic N) is 4. The number of hydrogen-bond donors (Lipinski definition) is 0. The summed E-state index contributed by atoms with van der Waals surface area (Å²) in [4.78, 5) is 30.1. The molecule has 1 aromatic carbocycles. The van der Waals surface area contributed by atoms with Crippen molar-refractivity contribution in [2.45, 2.75) is 64.8 Å². The summed E-state index contributed by atoms with van der Waals surface area (Å²) in [5, 5.41) is 5.09. The molecule has 10 heteroatoms. The molecule has 0 bridgehead atoms. The van der Waals surface area contributed by atoms with Crippen LogP contribution in [0.5, 0.6) is 0 Å². The van der Waals surface area contributed by atoms with Crippen molar-refractivity contribution in [2.75, 3.05) is 33.0 Å². The molecule has 0 radical (unpaired) electrons. The summed E-state index contributed by atoms with van der Waals surface area (Å²) in [5.41, 5.74) is 2.88. The van der Waals surface area contributed by atoms with Crippen molar-refractivity contribution in [3.05, 3.63) is 57.1 Å². The number of quaternary nitrogens is 1. The Bertz CT molecular complexity index is 1340. The molecule has 0 spiro atoms. The SMILES string of the molecule is CCOC(=O)OC[N+]1(CCc2c(C)nc3n(c2=O)CCCC3)CCC(c2noc3cc(F)ccc23)CC1. The first-order valence-electron chi connectivity index (χ1n) is 13.2. The summed E-state index contributed by atoms with van der Waals surface area (Å²) < 4.78 is 31.9. The van der Waals surface area contributed by atoms with Gasteiger partial charge in [-0.3, -0.25) is 13.8 Å². The molecule has 0 amide bonds. The smallest absolute Gasteiger partial charge is 0.434 e. The average molecular weight is 514 g/mol. The summed E-state index contributed by atoms with van der Waals surface area (Å²) >= 11 is 0. The lowest BCUT2D eigenvalue weighted by Crippen LogP contribution is -2.55. The fourth-order valence-electron chi connectivity index (χ4n) is 5.75. The van der Waals surface area contributed by atoms with Gasteiger partial charge in [0, 0.05) is 60.9 Å². The van der Waals surface area contributed by atoms with E-state index in [9.17, 15) is 14.0 Å². The fraction of sp³-hybridized carbons (Fsp3) is 0.556. The molecular formula is C27H34FN4O5+. The third-order valence-corrected chi connectivity index (χ3v) is 7.89. The number of benzene rings is 1. The second kappa shape index (κ2) is 10.6. The van der Waals surface area contributed by atoms with Crippen molar-refractivity contribution >= 4 is 17.1 Å². The zero-order valence-corrected chi connectivity index (χ0v) is 21.5. The predicted octanol–water partition coefficient (Wildman–Crippen LogP) is 4.24. The lowest BCUT2D eigenvalue weighted by molar-refractivity contribution is -0.948. The average Bonchev–Trinajstić information content (AvgIpc) is 3.31. The number of hydrogen-bond acceptors (Lipinski definition) is 7. The molecule has 1 fully saturated rings. The second-order valence-corrected chi connectivity index (χ2v) is 10.2. The molecule has 4 heterocycles. The maximum Gasteiger partial charge on any atom is 0.512 e. The molecule has 3 aromatic rings. The van der Waals surface area contributed by atoms with Gasteiger partial charge in [-0.15, -0.1) is 0 Å². The molecule has 0 N–H and O–H groups in total. The van der Waals surface area contributed by atoms with Gasteiger partial charge in [0.15, 0.2) is 5.58 Å². The summed E-state index contributed by atoms with van der Waals surface area (Å²) in [5.74, 6) is 0.680. The van der Waals surface area contributed by atoms with Crippen molar-refractivity contribution < 1.29 is 27.7 Å².